The van der Waals surface area contributed by atoms with Crippen LogP contribution >= 0.6 is 0 Å². The monoisotopic (exact) mass is 270 g/mol. The van der Waals surface area contributed by atoms with Gasteiger partial charge in [-0.1, -0.05) is 6.07 Å². The van der Waals surface area contributed by atoms with Crippen LogP contribution in [0.2, 0.25) is 0 Å². The molecule has 0 aromatic carbocycles. The van der Waals surface area contributed by atoms with Crippen molar-refractivity contribution in [3.05, 3.63) is 36.3 Å². The summed E-state index contributed by atoms with van der Waals surface area (Å²) >= 11 is 0. The molecule has 8 heteroatoms. The molecular weight excluding hydrogens is 256 g/mol. The molecule has 0 atom stereocenters. The van der Waals surface area contributed by atoms with Crippen molar-refractivity contribution < 1.29 is 0 Å². The molecule has 5 N–H and O–H groups in total. The van der Waals surface area contributed by atoms with Gasteiger partial charge in [-0.25, -0.2) is 5.84 Å². The average molecular weight is 270 g/mol. The number of nitrogens with one attached hydrogen (secondary N) is 3. The highest BCUT2D eigenvalue weighted by atomic mass is 15.3. The van der Waals surface area contributed by atoms with Crippen LogP contribution in [0, 0.1) is 0 Å². The van der Waals surface area contributed by atoms with Gasteiger partial charge in [0.05, 0.1) is 11.6 Å². The van der Waals surface area contributed by atoms with E-state index in [1.54, 1.807) is 12.4 Å². The lowest BCUT2D eigenvalue weighted by Crippen LogP contribution is -2.13. The highest BCUT2D eigenvalue weighted by molar-refractivity contribution is 5.86. The van der Waals surface area contributed by atoms with E-state index in [0.29, 0.717) is 17.4 Å². The Hall–Kier alpha value is -2.74. The van der Waals surface area contributed by atoms with Gasteiger partial charge < -0.3 is 5.32 Å². The first-order valence-electron chi connectivity index (χ1n) is 6.17. The molecule has 3 aromatic rings. The van der Waals surface area contributed by atoms with E-state index in [2.05, 4.69) is 35.9 Å². The molecule has 0 bridgehead atoms. The van der Waals surface area contributed by atoms with Crippen LogP contribution in [-0.2, 0) is 6.42 Å². The van der Waals surface area contributed by atoms with Crippen molar-refractivity contribution in [2.45, 2.75) is 6.42 Å². The van der Waals surface area contributed by atoms with E-state index < -0.39 is 0 Å². The molecule has 0 fully saturated rings. The molecule has 3 rings (SSSR count). The van der Waals surface area contributed by atoms with Crippen molar-refractivity contribution in [2.24, 2.45) is 5.84 Å². The normalized spacial score (nSPS) is 10.7. The zero-order chi connectivity index (χ0) is 13.8. The molecule has 3 aromatic heterocycles. The summed E-state index contributed by atoms with van der Waals surface area (Å²) in [4.78, 5) is 12.5. The van der Waals surface area contributed by atoms with Gasteiger partial charge >= 0.3 is 0 Å². The molecular formula is C12H14N8. The molecule has 3 heterocycles. The first-order chi connectivity index (χ1) is 9.86. The van der Waals surface area contributed by atoms with Crippen molar-refractivity contribution in [3.8, 4) is 0 Å². The number of fused-ring (bicyclic) bond motifs is 1. The third-order valence-electron chi connectivity index (χ3n) is 2.87. The molecule has 102 valence electrons. The molecule has 0 saturated heterocycles. The van der Waals surface area contributed by atoms with Crippen LogP contribution in [0.15, 0.2) is 30.7 Å². The van der Waals surface area contributed by atoms with Gasteiger partial charge in [-0.3, -0.25) is 15.5 Å². The quantitative estimate of drug-likeness (QED) is 0.398. The fraction of sp³-hybridized carbons (Fsp3) is 0.167. The number of nitrogens with two attached hydrogens (primary N) is 1. The number of pyridine rings is 1. The first kappa shape index (κ1) is 12.3. The Labute approximate surface area is 114 Å². The minimum absolute atomic E-state index is 0.339. The number of aromatic amines is 1. The number of hydrazine groups is 1. The van der Waals surface area contributed by atoms with E-state index in [0.717, 1.165) is 23.9 Å². The Kier molecular flexibility index (Phi) is 3.38. The lowest BCUT2D eigenvalue weighted by molar-refractivity contribution is 0.992. The molecule has 0 radical (unpaired) electrons. The van der Waals surface area contributed by atoms with E-state index >= 15 is 0 Å². The van der Waals surface area contributed by atoms with Gasteiger partial charge in [0.15, 0.2) is 5.65 Å². The molecule has 0 spiro atoms. The SMILES string of the molecule is NNc1nc(NCCc2cccnc2)c2cn[nH]c2n1. The van der Waals surface area contributed by atoms with Gasteiger partial charge in [-0.2, -0.15) is 15.1 Å². The number of nitrogens with zero attached hydrogens (tertiary/aromatic N) is 4. The lowest BCUT2D eigenvalue weighted by atomic mass is 10.2. The van der Waals surface area contributed by atoms with E-state index in [1.807, 2.05) is 18.3 Å². The topological polar surface area (TPSA) is 117 Å². The maximum Gasteiger partial charge on any atom is 0.241 e. The van der Waals surface area contributed by atoms with E-state index in [4.69, 9.17) is 5.84 Å². The highest BCUT2D eigenvalue weighted by Crippen LogP contribution is 2.19. The maximum atomic E-state index is 5.35. The molecule has 0 amide bonds. The van der Waals surface area contributed by atoms with Crippen molar-refractivity contribution in [2.75, 3.05) is 17.3 Å². The zero-order valence-corrected chi connectivity index (χ0v) is 10.7. The van der Waals surface area contributed by atoms with Gasteiger partial charge in [0.25, 0.3) is 0 Å². The van der Waals surface area contributed by atoms with Crippen LogP contribution in [0.4, 0.5) is 11.8 Å². The molecule has 0 unspecified atom stereocenters. The second kappa shape index (κ2) is 5.49. The van der Waals surface area contributed by atoms with Crippen LogP contribution in [0.25, 0.3) is 11.0 Å². The van der Waals surface area contributed by atoms with E-state index in [1.165, 1.54) is 0 Å². The molecule has 8 nitrogen and oxygen atoms in total. The Morgan fingerprint density at radius 1 is 1.25 bits per heavy atom. The zero-order valence-electron chi connectivity index (χ0n) is 10.7. The maximum absolute atomic E-state index is 5.35. The van der Waals surface area contributed by atoms with Crippen LogP contribution in [0.3, 0.4) is 0 Å². The number of anilines is 2. The van der Waals surface area contributed by atoms with Crippen LogP contribution < -0.4 is 16.6 Å². The minimum atomic E-state index is 0.339. The Morgan fingerprint density at radius 2 is 2.20 bits per heavy atom. The lowest BCUT2D eigenvalue weighted by Gasteiger charge is -2.08. The fourth-order valence-electron chi connectivity index (χ4n) is 1.91. The van der Waals surface area contributed by atoms with Crippen molar-refractivity contribution in [1.82, 2.24) is 25.1 Å². The van der Waals surface area contributed by atoms with Gasteiger partial charge in [0, 0.05) is 18.9 Å². The smallest absolute Gasteiger partial charge is 0.241 e. The summed E-state index contributed by atoms with van der Waals surface area (Å²) < 4.78 is 0. The Balaban J connectivity index is 1.75. The van der Waals surface area contributed by atoms with Gasteiger partial charge in [-0.05, 0) is 18.1 Å². The third-order valence-corrected chi connectivity index (χ3v) is 2.87. The molecule has 0 aliphatic heterocycles. The number of nitrogen functional groups attached to an aromatic ring is 1. The summed E-state index contributed by atoms with van der Waals surface area (Å²) in [5.74, 6) is 6.39. The molecule has 0 aliphatic carbocycles. The number of hydrogen-bond acceptors (Lipinski definition) is 7. The predicted octanol–water partition coefficient (Wildman–Crippen LogP) is 0.688. The van der Waals surface area contributed by atoms with E-state index in [9.17, 15) is 0 Å². The first-order valence-corrected chi connectivity index (χ1v) is 6.17. The van der Waals surface area contributed by atoms with Crippen LogP contribution in [-0.4, -0.2) is 31.7 Å². The van der Waals surface area contributed by atoms with Crippen LogP contribution in [0.1, 0.15) is 5.56 Å². The van der Waals surface area contributed by atoms with Crippen molar-refractivity contribution >= 4 is 22.8 Å². The molecule has 0 saturated carbocycles. The standard InChI is InChI=1S/C12H14N8/c13-19-12-17-10(9-7-16-20-11(9)18-12)15-5-3-8-2-1-4-14-6-8/h1-2,4,6-7H,3,5,13H2,(H3,15,16,17,18,19,20). The van der Waals surface area contributed by atoms with E-state index in [-0.39, 0.29) is 0 Å². The Morgan fingerprint density at radius 3 is 3.00 bits per heavy atom. The van der Waals surface area contributed by atoms with Gasteiger partial charge in [0.2, 0.25) is 5.95 Å². The minimum Gasteiger partial charge on any atom is -0.369 e. The summed E-state index contributed by atoms with van der Waals surface area (Å²) in [5.41, 5.74) is 4.24. The van der Waals surface area contributed by atoms with Crippen molar-refractivity contribution in [3.63, 3.8) is 0 Å². The van der Waals surface area contributed by atoms with Gasteiger partial charge in [-0.15, -0.1) is 0 Å². The third kappa shape index (κ3) is 2.50. The second-order valence-electron chi connectivity index (χ2n) is 4.21. The largest absolute Gasteiger partial charge is 0.369 e. The second-order valence-corrected chi connectivity index (χ2v) is 4.21. The molecule has 0 aliphatic rings. The van der Waals surface area contributed by atoms with Crippen molar-refractivity contribution in [1.29, 1.82) is 0 Å². The molecule has 20 heavy (non-hydrogen) atoms. The number of aromatic nitrogens is 5. The summed E-state index contributed by atoms with van der Waals surface area (Å²) in [6.45, 7) is 0.729. The highest BCUT2D eigenvalue weighted by Gasteiger charge is 2.08. The average Bonchev–Trinajstić information content (AvgIpc) is 2.96. The summed E-state index contributed by atoms with van der Waals surface area (Å²) in [7, 11) is 0. The van der Waals surface area contributed by atoms with Crippen LogP contribution in [0.5, 0.6) is 0 Å². The summed E-state index contributed by atoms with van der Waals surface area (Å²) in [6, 6.07) is 3.96. The predicted molar refractivity (Wildman–Crippen MR) is 75.9 cm³/mol. The van der Waals surface area contributed by atoms with Gasteiger partial charge in [0.1, 0.15) is 5.82 Å². The fourth-order valence-corrected chi connectivity index (χ4v) is 1.91. The Bertz CT molecular complexity index is 693. The summed E-state index contributed by atoms with van der Waals surface area (Å²) in [6.07, 6.45) is 6.14. The number of H-pyrrole nitrogens is 1. The summed E-state index contributed by atoms with van der Waals surface area (Å²) in [5, 5.41) is 10.8. The number of hydrogen-bond donors (Lipinski definition) is 4. The number of rotatable bonds is 5.